The van der Waals surface area contributed by atoms with Crippen molar-refractivity contribution in [1.29, 1.82) is 0 Å². The molecule has 1 aromatic carbocycles. The Kier molecular flexibility index (Phi) is 7.46. The largest absolute Gasteiger partial charge is 0.401 e. The van der Waals surface area contributed by atoms with E-state index < -0.39 is 30.1 Å². The van der Waals surface area contributed by atoms with Gasteiger partial charge in [0.25, 0.3) is 0 Å². The first-order chi connectivity index (χ1) is 19.3. The summed E-state index contributed by atoms with van der Waals surface area (Å²) in [5.41, 5.74) is 1.45. The Morgan fingerprint density at radius 2 is 1.95 bits per heavy atom. The molecular formula is C26H29F3N10O2. The maximum absolute atomic E-state index is 13.4. The van der Waals surface area contributed by atoms with Crippen LogP contribution in [0.4, 0.5) is 24.9 Å². The molecule has 0 aliphatic carbocycles. The van der Waals surface area contributed by atoms with Crippen molar-refractivity contribution in [3.63, 3.8) is 0 Å². The summed E-state index contributed by atoms with van der Waals surface area (Å²) in [4.78, 5) is 31.4. The third-order valence-electron chi connectivity index (χ3n) is 6.43. The number of benzene rings is 1. The molecule has 5 rings (SSSR count). The summed E-state index contributed by atoms with van der Waals surface area (Å²) in [6.07, 6.45) is -1.03. The van der Waals surface area contributed by atoms with Crippen LogP contribution >= 0.6 is 0 Å². The molecule has 1 aliphatic heterocycles. The van der Waals surface area contributed by atoms with E-state index in [0.29, 0.717) is 34.2 Å². The second-order valence-electron chi connectivity index (χ2n) is 10.9. The van der Waals surface area contributed by atoms with Gasteiger partial charge in [0, 0.05) is 43.4 Å². The first-order valence-electron chi connectivity index (χ1n) is 12.9. The Hall–Kier alpha value is -4.40. The molecule has 4 heterocycles. The van der Waals surface area contributed by atoms with Crippen LogP contribution in [0.25, 0.3) is 11.4 Å². The molecule has 0 spiro atoms. The average molecular weight is 571 g/mol. The zero-order valence-electron chi connectivity index (χ0n) is 22.9. The Morgan fingerprint density at radius 1 is 1.15 bits per heavy atom. The second kappa shape index (κ2) is 10.9. The van der Waals surface area contributed by atoms with Crippen molar-refractivity contribution in [3.05, 3.63) is 59.6 Å². The van der Waals surface area contributed by atoms with Crippen molar-refractivity contribution < 1.29 is 22.5 Å². The maximum Gasteiger partial charge on any atom is 0.401 e. The van der Waals surface area contributed by atoms with Crippen molar-refractivity contribution >= 4 is 17.7 Å². The summed E-state index contributed by atoms with van der Waals surface area (Å²) in [5, 5.41) is 14.0. The molecule has 0 saturated heterocycles. The lowest BCUT2D eigenvalue weighted by Crippen LogP contribution is -2.35. The highest BCUT2D eigenvalue weighted by molar-refractivity contribution is 5.89. The summed E-state index contributed by atoms with van der Waals surface area (Å²) in [5.74, 6) is 0.710. The summed E-state index contributed by atoms with van der Waals surface area (Å²) in [7, 11) is 1.78. The standard InChI is InChI=1S/C26H29F3N10O2/c1-25(2,3)23-35-22(41-37-23)21(40)32-18-7-10-39(13-26(27,28)29)12-16-11-15(5-6-17(16)18)20-30-14-31-24(34-20)33-19-8-9-38(4)36-19/h5-6,8-9,11,14,18H,7,10,12-13H2,1-4H3,(H,32,40)(H,30,31,33,34,36)/t18-/m1/s1. The van der Waals surface area contributed by atoms with E-state index in [1.165, 1.54) is 11.2 Å². The third-order valence-corrected chi connectivity index (χ3v) is 6.43. The molecule has 1 atom stereocenters. The quantitative estimate of drug-likeness (QED) is 0.350. The Balaban J connectivity index is 1.43. The molecule has 41 heavy (non-hydrogen) atoms. The summed E-state index contributed by atoms with van der Waals surface area (Å²) < 4.78 is 46.9. The van der Waals surface area contributed by atoms with Gasteiger partial charge in [-0.1, -0.05) is 38.1 Å². The van der Waals surface area contributed by atoms with E-state index in [4.69, 9.17) is 4.52 Å². The van der Waals surface area contributed by atoms with Gasteiger partial charge in [-0.25, -0.2) is 9.97 Å². The van der Waals surface area contributed by atoms with Crippen molar-refractivity contribution in [2.45, 2.75) is 51.4 Å². The van der Waals surface area contributed by atoms with Crippen LogP contribution < -0.4 is 10.6 Å². The monoisotopic (exact) mass is 570 g/mol. The van der Waals surface area contributed by atoms with Crippen molar-refractivity contribution in [2.24, 2.45) is 7.05 Å². The van der Waals surface area contributed by atoms with E-state index in [0.717, 1.165) is 0 Å². The van der Waals surface area contributed by atoms with Crippen LogP contribution in [0.1, 0.15) is 60.9 Å². The zero-order valence-corrected chi connectivity index (χ0v) is 22.9. The minimum absolute atomic E-state index is 0.0217. The van der Waals surface area contributed by atoms with E-state index in [-0.39, 0.29) is 31.3 Å². The summed E-state index contributed by atoms with van der Waals surface area (Å²) >= 11 is 0. The minimum Gasteiger partial charge on any atom is -0.341 e. The first-order valence-corrected chi connectivity index (χ1v) is 12.9. The summed E-state index contributed by atoms with van der Waals surface area (Å²) in [6.45, 7) is 4.71. The molecule has 0 fully saturated rings. The molecule has 0 unspecified atom stereocenters. The van der Waals surface area contributed by atoms with Gasteiger partial charge in [-0.2, -0.15) is 28.2 Å². The van der Waals surface area contributed by atoms with Gasteiger partial charge in [-0.3, -0.25) is 14.4 Å². The number of aryl methyl sites for hydroxylation is 1. The van der Waals surface area contributed by atoms with Gasteiger partial charge in [0.15, 0.2) is 17.5 Å². The highest BCUT2D eigenvalue weighted by atomic mass is 19.4. The highest BCUT2D eigenvalue weighted by Crippen LogP contribution is 2.32. The fourth-order valence-electron chi connectivity index (χ4n) is 4.48. The van der Waals surface area contributed by atoms with E-state index >= 15 is 0 Å². The molecule has 0 saturated carbocycles. The van der Waals surface area contributed by atoms with Gasteiger partial charge in [0.2, 0.25) is 5.95 Å². The molecule has 3 aromatic heterocycles. The Labute approximate surface area is 233 Å². The fraction of sp³-hybridized carbons (Fsp3) is 0.423. The molecule has 1 aliphatic rings. The van der Waals surface area contributed by atoms with Crippen LogP contribution in [0.5, 0.6) is 0 Å². The van der Waals surface area contributed by atoms with Crippen LogP contribution in [0.2, 0.25) is 0 Å². The molecule has 0 radical (unpaired) electrons. The van der Waals surface area contributed by atoms with Crippen LogP contribution in [0, 0.1) is 0 Å². The predicted octanol–water partition coefficient (Wildman–Crippen LogP) is 3.94. The molecule has 12 nitrogen and oxygen atoms in total. The van der Waals surface area contributed by atoms with E-state index in [9.17, 15) is 18.0 Å². The summed E-state index contributed by atoms with van der Waals surface area (Å²) in [6, 6.07) is 6.45. The van der Waals surface area contributed by atoms with Gasteiger partial charge >= 0.3 is 18.0 Å². The number of nitrogens with one attached hydrogen (secondary N) is 2. The van der Waals surface area contributed by atoms with Gasteiger partial charge < -0.3 is 15.2 Å². The van der Waals surface area contributed by atoms with Gasteiger partial charge in [0.05, 0.1) is 12.6 Å². The number of carbonyl (C=O) groups excluding carboxylic acids is 1. The number of halogens is 3. The average Bonchev–Trinajstić information content (AvgIpc) is 3.52. The van der Waals surface area contributed by atoms with Crippen molar-refractivity contribution in [1.82, 2.24) is 45.1 Å². The topological polar surface area (TPSA) is 140 Å². The highest BCUT2D eigenvalue weighted by Gasteiger charge is 2.34. The van der Waals surface area contributed by atoms with Crippen LogP contribution in [-0.2, 0) is 19.0 Å². The van der Waals surface area contributed by atoms with E-state index in [2.05, 4.69) is 40.8 Å². The number of alkyl halides is 3. The number of fused-ring (bicyclic) bond motifs is 1. The Bertz CT molecular complexity index is 1540. The van der Waals surface area contributed by atoms with Crippen LogP contribution in [0.15, 0.2) is 41.3 Å². The number of hydrogen-bond donors (Lipinski definition) is 2. The SMILES string of the molecule is Cn1ccc(Nc2ncnc(-c3ccc4c(c3)CN(CC(F)(F)F)CC[C@H]4NC(=O)c3nc(C(C)(C)C)no3)n2)n1. The fourth-order valence-corrected chi connectivity index (χ4v) is 4.48. The van der Waals surface area contributed by atoms with Crippen molar-refractivity contribution in [2.75, 3.05) is 18.4 Å². The first kappa shape index (κ1) is 28.1. The van der Waals surface area contributed by atoms with Gasteiger partial charge in [0.1, 0.15) is 6.33 Å². The van der Waals surface area contributed by atoms with Gasteiger partial charge in [-0.05, 0) is 23.6 Å². The van der Waals surface area contributed by atoms with Gasteiger partial charge in [-0.15, -0.1) is 0 Å². The van der Waals surface area contributed by atoms with Crippen LogP contribution in [0.3, 0.4) is 0 Å². The normalized spacial score (nSPS) is 16.2. The number of nitrogens with zero attached hydrogens (tertiary/aromatic N) is 8. The maximum atomic E-state index is 13.4. The lowest BCUT2D eigenvalue weighted by atomic mass is 9.96. The molecule has 2 N–H and O–H groups in total. The number of hydrogen-bond acceptors (Lipinski definition) is 10. The molecule has 216 valence electrons. The molecule has 0 bridgehead atoms. The van der Waals surface area contributed by atoms with Crippen molar-refractivity contribution in [3.8, 4) is 11.4 Å². The number of aromatic nitrogens is 7. The third kappa shape index (κ3) is 6.85. The molecular weight excluding hydrogens is 541 g/mol. The molecule has 4 aromatic rings. The molecule has 15 heteroatoms. The van der Waals surface area contributed by atoms with Crippen LogP contribution in [-0.4, -0.2) is 64.9 Å². The smallest absolute Gasteiger partial charge is 0.341 e. The number of carbonyl (C=O) groups is 1. The lowest BCUT2D eigenvalue weighted by Gasteiger charge is -2.22. The minimum atomic E-state index is -4.38. The molecule has 1 amide bonds. The number of rotatable bonds is 6. The zero-order chi connectivity index (χ0) is 29.4. The number of amides is 1. The Morgan fingerprint density at radius 3 is 2.63 bits per heavy atom. The van der Waals surface area contributed by atoms with E-state index in [1.54, 1.807) is 42.2 Å². The predicted molar refractivity (Wildman–Crippen MR) is 141 cm³/mol. The lowest BCUT2D eigenvalue weighted by molar-refractivity contribution is -0.147. The second-order valence-corrected chi connectivity index (χ2v) is 10.9. The number of anilines is 2. The van der Waals surface area contributed by atoms with E-state index in [1.807, 2.05) is 20.8 Å².